The molecule has 0 atom stereocenters. The highest BCUT2D eigenvalue weighted by Crippen LogP contribution is 2.32. The van der Waals surface area contributed by atoms with E-state index in [0.29, 0.717) is 19.6 Å². The molecule has 3 amide bonds. The maximum absolute atomic E-state index is 12.9. The number of hydrogen-bond donors (Lipinski definition) is 1. The second kappa shape index (κ2) is 10.3. The Morgan fingerprint density at radius 3 is 2.49 bits per heavy atom. The molecule has 5 rings (SSSR count). The number of aromatic nitrogens is 2. The van der Waals surface area contributed by atoms with Crippen molar-refractivity contribution in [2.24, 2.45) is 0 Å². The van der Waals surface area contributed by atoms with E-state index in [9.17, 15) is 9.59 Å². The van der Waals surface area contributed by atoms with E-state index in [0.717, 1.165) is 60.3 Å². The Morgan fingerprint density at radius 1 is 1.06 bits per heavy atom. The maximum Gasteiger partial charge on any atom is 0.321 e. The van der Waals surface area contributed by atoms with Gasteiger partial charge < -0.3 is 20.0 Å². The number of hydrogen-bond acceptors (Lipinski definition) is 5. The van der Waals surface area contributed by atoms with Crippen molar-refractivity contribution in [2.75, 3.05) is 47.8 Å². The molecule has 2 aromatic carbocycles. The van der Waals surface area contributed by atoms with Crippen molar-refractivity contribution < 1.29 is 9.59 Å². The van der Waals surface area contributed by atoms with Crippen molar-refractivity contribution in [3.8, 4) is 0 Å². The largest absolute Gasteiger partial charge is 0.372 e. The Morgan fingerprint density at radius 2 is 1.80 bits per heavy atom. The van der Waals surface area contributed by atoms with E-state index in [1.807, 2.05) is 42.2 Å². The molecule has 0 aliphatic carbocycles. The lowest BCUT2D eigenvalue weighted by Crippen LogP contribution is -2.40. The Balaban J connectivity index is 1.21. The molecular weight excluding hydrogens is 440 g/mol. The Bertz CT molecular complexity index is 1180. The van der Waals surface area contributed by atoms with Crippen LogP contribution < -0.4 is 15.1 Å². The van der Waals surface area contributed by atoms with Crippen LogP contribution in [-0.4, -0.2) is 60.0 Å². The molecule has 0 bridgehead atoms. The summed E-state index contributed by atoms with van der Waals surface area (Å²) in [5.74, 6) is 0.267. The zero-order valence-corrected chi connectivity index (χ0v) is 20.2. The molecule has 0 unspecified atom stereocenters. The normalized spacial score (nSPS) is 16.5. The van der Waals surface area contributed by atoms with Crippen molar-refractivity contribution in [1.82, 2.24) is 14.9 Å². The Hall–Kier alpha value is -3.68. The van der Waals surface area contributed by atoms with Gasteiger partial charge in [-0.2, -0.15) is 0 Å². The summed E-state index contributed by atoms with van der Waals surface area (Å²) in [4.78, 5) is 39.1. The molecule has 0 spiro atoms. The Labute approximate surface area is 205 Å². The number of rotatable bonds is 6. The van der Waals surface area contributed by atoms with Crippen LogP contribution in [0.3, 0.4) is 0 Å². The fourth-order valence-electron chi connectivity index (χ4n) is 5.18. The van der Waals surface area contributed by atoms with Crippen LogP contribution in [0.15, 0.2) is 48.8 Å². The summed E-state index contributed by atoms with van der Waals surface area (Å²) in [5, 5.41) is 4.06. The predicted molar refractivity (Wildman–Crippen MR) is 139 cm³/mol. The fourth-order valence-corrected chi connectivity index (χ4v) is 5.18. The van der Waals surface area contributed by atoms with Gasteiger partial charge in [-0.25, -0.2) is 14.8 Å². The van der Waals surface area contributed by atoms with Crippen LogP contribution in [0.2, 0.25) is 0 Å². The van der Waals surface area contributed by atoms with E-state index in [1.54, 1.807) is 11.2 Å². The lowest BCUT2D eigenvalue weighted by atomic mass is 9.91. The smallest absolute Gasteiger partial charge is 0.321 e. The van der Waals surface area contributed by atoms with Gasteiger partial charge in [0.15, 0.2) is 0 Å². The molecule has 2 aliphatic rings. The van der Waals surface area contributed by atoms with Gasteiger partial charge in [0.1, 0.15) is 6.33 Å². The van der Waals surface area contributed by atoms with Gasteiger partial charge >= 0.3 is 6.03 Å². The van der Waals surface area contributed by atoms with E-state index in [4.69, 9.17) is 0 Å². The minimum absolute atomic E-state index is 0.0527. The van der Waals surface area contributed by atoms with Crippen LogP contribution in [-0.2, 0) is 4.79 Å². The first-order chi connectivity index (χ1) is 17.2. The molecule has 2 aliphatic heterocycles. The van der Waals surface area contributed by atoms with Gasteiger partial charge in [0.2, 0.25) is 6.41 Å². The average Bonchev–Trinajstić information content (AvgIpc) is 3.45. The van der Waals surface area contributed by atoms with Gasteiger partial charge in [0, 0.05) is 61.1 Å². The number of fused-ring (bicyclic) bond motifs is 1. The van der Waals surface area contributed by atoms with Crippen molar-refractivity contribution in [3.63, 3.8) is 0 Å². The van der Waals surface area contributed by atoms with Gasteiger partial charge in [-0.15, -0.1) is 0 Å². The lowest BCUT2D eigenvalue weighted by Gasteiger charge is -2.32. The molecule has 1 aromatic heterocycles. The zero-order valence-electron chi connectivity index (χ0n) is 20.2. The van der Waals surface area contributed by atoms with E-state index in [-0.39, 0.29) is 11.9 Å². The molecule has 2 saturated heterocycles. The maximum atomic E-state index is 12.9. The summed E-state index contributed by atoms with van der Waals surface area (Å²) < 4.78 is 0. The highest BCUT2D eigenvalue weighted by molar-refractivity contribution is 5.90. The second-order valence-corrected chi connectivity index (χ2v) is 9.28. The molecule has 2 fully saturated rings. The quantitative estimate of drug-likeness (QED) is 0.529. The summed E-state index contributed by atoms with van der Waals surface area (Å²) in [6, 6.07) is 14.0. The summed E-state index contributed by atoms with van der Waals surface area (Å²) >= 11 is 0. The molecule has 0 saturated carbocycles. The fraction of sp³-hybridized carbons (Fsp3) is 0.407. The first-order valence-corrected chi connectivity index (χ1v) is 12.5. The van der Waals surface area contributed by atoms with Crippen molar-refractivity contribution in [1.29, 1.82) is 0 Å². The van der Waals surface area contributed by atoms with Crippen LogP contribution in [0.1, 0.15) is 44.2 Å². The zero-order chi connectivity index (χ0) is 24.2. The van der Waals surface area contributed by atoms with Crippen LogP contribution in [0.25, 0.3) is 10.9 Å². The molecule has 3 aromatic rings. The number of nitrogens with one attached hydrogen (secondary N) is 1. The van der Waals surface area contributed by atoms with E-state index in [1.165, 1.54) is 18.5 Å². The number of piperidine rings is 1. The monoisotopic (exact) mass is 472 g/mol. The number of nitrogens with zero attached hydrogens (tertiary/aromatic N) is 5. The number of benzene rings is 2. The summed E-state index contributed by atoms with van der Waals surface area (Å²) in [6.07, 6.45) is 6.64. The highest BCUT2D eigenvalue weighted by atomic mass is 16.2. The third kappa shape index (κ3) is 4.92. The predicted octanol–water partition coefficient (Wildman–Crippen LogP) is 4.62. The van der Waals surface area contributed by atoms with Crippen LogP contribution >= 0.6 is 0 Å². The summed E-state index contributed by atoms with van der Waals surface area (Å²) in [6.45, 7) is 6.13. The lowest BCUT2D eigenvalue weighted by molar-refractivity contribution is -0.107. The molecule has 0 radical (unpaired) electrons. The minimum Gasteiger partial charge on any atom is -0.372 e. The third-order valence-electron chi connectivity index (χ3n) is 7.21. The molecule has 1 N–H and O–H groups in total. The van der Waals surface area contributed by atoms with Crippen molar-refractivity contribution in [3.05, 3.63) is 54.5 Å². The molecule has 8 nitrogen and oxygen atoms in total. The first kappa shape index (κ1) is 23.1. The second-order valence-electron chi connectivity index (χ2n) is 9.28. The Kier molecular flexibility index (Phi) is 6.79. The van der Waals surface area contributed by atoms with Crippen molar-refractivity contribution in [2.45, 2.75) is 38.5 Å². The van der Waals surface area contributed by atoms with Gasteiger partial charge in [0.05, 0.1) is 11.2 Å². The number of carbonyl (C=O) groups excluding carboxylic acids is 2. The number of likely N-dealkylation sites (tertiary alicyclic amines) is 1. The molecular formula is C27H32N6O2. The van der Waals surface area contributed by atoms with E-state index < -0.39 is 0 Å². The topological polar surface area (TPSA) is 81.7 Å². The SMILES string of the molecule is CCN(C=O)c1ccc2c(C3CCN(C(=O)Nc4ccc(N5CCCC5)cc4)CC3)ncnc2c1. The number of urea groups is 1. The molecule has 182 valence electrons. The molecule has 8 heteroatoms. The number of carbonyl (C=O) groups is 2. The minimum atomic E-state index is -0.0527. The van der Waals surface area contributed by atoms with Gasteiger partial charge in [-0.3, -0.25) is 4.79 Å². The molecule has 35 heavy (non-hydrogen) atoms. The highest BCUT2D eigenvalue weighted by Gasteiger charge is 2.26. The summed E-state index contributed by atoms with van der Waals surface area (Å²) in [7, 11) is 0. The van der Waals surface area contributed by atoms with Gasteiger partial charge in [0.25, 0.3) is 0 Å². The number of amides is 3. The molecule has 3 heterocycles. The average molecular weight is 473 g/mol. The van der Waals surface area contributed by atoms with Crippen molar-refractivity contribution >= 4 is 40.4 Å². The van der Waals surface area contributed by atoms with Gasteiger partial charge in [-0.1, -0.05) is 0 Å². The van der Waals surface area contributed by atoms with Crippen LogP contribution in [0.4, 0.5) is 21.9 Å². The van der Waals surface area contributed by atoms with E-state index in [2.05, 4.69) is 32.3 Å². The number of anilines is 3. The van der Waals surface area contributed by atoms with Crippen LogP contribution in [0.5, 0.6) is 0 Å². The third-order valence-corrected chi connectivity index (χ3v) is 7.21. The van der Waals surface area contributed by atoms with Crippen LogP contribution in [0, 0.1) is 0 Å². The van der Waals surface area contributed by atoms with Gasteiger partial charge in [-0.05, 0) is 75.1 Å². The summed E-state index contributed by atoms with van der Waals surface area (Å²) in [5.41, 5.74) is 4.74. The standard InChI is InChI=1S/C27H32N6O2/c1-2-31(19-34)23-9-10-24-25(17-23)28-18-29-26(24)20-11-15-33(16-12-20)27(35)30-21-5-7-22(8-6-21)32-13-3-4-14-32/h5-10,17-20H,2-4,11-16H2,1H3,(H,30,35). The first-order valence-electron chi connectivity index (χ1n) is 12.5. The van der Waals surface area contributed by atoms with E-state index >= 15 is 0 Å².